The molecule has 0 radical (unpaired) electrons. The highest BCUT2D eigenvalue weighted by atomic mass is 16.6. The monoisotopic (exact) mass is 895 g/mol. The molecule has 6 nitrogen and oxygen atoms in total. The molecule has 0 fully saturated rings. The summed E-state index contributed by atoms with van der Waals surface area (Å²) < 4.78 is 16.7. The van der Waals surface area contributed by atoms with E-state index in [2.05, 4.69) is 81.5 Å². The number of rotatable bonds is 49. The molecule has 1 unspecified atom stereocenters. The standard InChI is InChI=1S/C58H102O6/c1-4-7-10-13-16-18-20-21-22-23-24-25-26-27-28-29-30-31-32-33-34-35-36-37-39-40-42-45-48-51-57(60)63-54-55(53-62-56(59)50-47-44-15-12-9-6-3)64-58(61)52-49-46-43-41-38-19-17-14-11-8-5-2/h7,10,14,16-18,21-22,24-25,55H,4-6,8-9,11-13,15,19-20,23,26-54H2,1-3H3/b10-7-,17-14-,18-16-,22-21-,25-24-. The molecule has 0 bridgehead atoms. The summed E-state index contributed by atoms with van der Waals surface area (Å²) in [5.74, 6) is -0.889. The fourth-order valence-electron chi connectivity index (χ4n) is 7.65. The molecule has 0 rings (SSSR count). The molecule has 0 aliphatic heterocycles. The lowest BCUT2D eigenvalue weighted by molar-refractivity contribution is -0.167. The highest BCUT2D eigenvalue weighted by molar-refractivity contribution is 5.71. The van der Waals surface area contributed by atoms with E-state index in [0.717, 1.165) is 96.3 Å². The van der Waals surface area contributed by atoms with Crippen molar-refractivity contribution >= 4 is 17.9 Å². The van der Waals surface area contributed by atoms with Crippen molar-refractivity contribution in [2.45, 2.75) is 277 Å². The van der Waals surface area contributed by atoms with E-state index in [9.17, 15) is 14.4 Å². The fourth-order valence-corrected chi connectivity index (χ4v) is 7.65. The summed E-state index contributed by atoms with van der Waals surface area (Å²) in [5.41, 5.74) is 0. The zero-order chi connectivity index (χ0) is 46.5. The molecule has 0 aliphatic rings. The smallest absolute Gasteiger partial charge is 0.306 e. The van der Waals surface area contributed by atoms with Crippen LogP contribution in [0.3, 0.4) is 0 Å². The van der Waals surface area contributed by atoms with Gasteiger partial charge in [-0.25, -0.2) is 0 Å². The highest BCUT2D eigenvalue weighted by Crippen LogP contribution is 2.16. The van der Waals surface area contributed by atoms with Gasteiger partial charge in [-0.15, -0.1) is 0 Å². The van der Waals surface area contributed by atoms with E-state index in [1.54, 1.807) is 0 Å². The van der Waals surface area contributed by atoms with E-state index in [4.69, 9.17) is 14.2 Å². The van der Waals surface area contributed by atoms with Gasteiger partial charge < -0.3 is 14.2 Å². The zero-order valence-electron chi connectivity index (χ0n) is 42.3. The van der Waals surface area contributed by atoms with Crippen molar-refractivity contribution in [3.8, 4) is 0 Å². The molecule has 1 atom stereocenters. The molecule has 0 saturated carbocycles. The Morgan fingerprint density at radius 1 is 0.328 bits per heavy atom. The first-order valence-electron chi connectivity index (χ1n) is 27.3. The summed E-state index contributed by atoms with van der Waals surface area (Å²) >= 11 is 0. The Morgan fingerprint density at radius 2 is 0.625 bits per heavy atom. The van der Waals surface area contributed by atoms with Crippen LogP contribution in [0.4, 0.5) is 0 Å². The minimum atomic E-state index is -0.771. The van der Waals surface area contributed by atoms with Crippen LogP contribution >= 0.6 is 0 Å². The first kappa shape index (κ1) is 61.1. The third kappa shape index (κ3) is 50.1. The van der Waals surface area contributed by atoms with Gasteiger partial charge in [-0.05, 0) is 77.0 Å². The lowest BCUT2D eigenvalue weighted by Gasteiger charge is -2.18. The molecular formula is C58H102O6. The van der Waals surface area contributed by atoms with Gasteiger partial charge in [0.1, 0.15) is 13.2 Å². The SMILES string of the molecule is CC/C=C\C/C=C\C/C=C\C/C=C\CCCCCCCCCCCCCCCCCCC(=O)OCC(COC(=O)CCCCCCCC)OC(=O)CCCCCCC/C=C\CCCC. The van der Waals surface area contributed by atoms with Crippen molar-refractivity contribution in [3.63, 3.8) is 0 Å². The number of allylic oxidation sites excluding steroid dienone is 10. The molecule has 6 heteroatoms. The Bertz CT molecular complexity index is 1170. The van der Waals surface area contributed by atoms with Crippen molar-refractivity contribution in [2.75, 3.05) is 13.2 Å². The van der Waals surface area contributed by atoms with Crippen molar-refractivity contribution in [1.82, 2.24) is 0 Å². The second kappa shape index (κ2) is 52.7. The third-order valence-electron chi connectivity index (χ3n) is 11.8. The van der Waals surface area contributed by atoms with Gasteiger partial charge in [0.25, 0.3) is 0 Å². The van der Waals surface area contributed by atoms with Crippen LogP contribution in [0.1, 0.15) is 271 Å². The maximum absolute atomic E-state index is 12.7. The molecule has 0 aromatic carbocycles. The van der Waals surface area contributed by atoms with Crippen LogP contribution in [0, 0.1) is 0 Å². The second-order valence-electron chi connectivity index (χ2n) is 18.1. The molecule has 0 saturated heterocycles. The van der Waals surface area contributed by atoms with Crippen molar-refractivity contribution in [3.05, 3.63) is 60.8 Å². The van der Waals surface area contributed by atoms with E-state index in [1.807, 2.05) is 0 Å². The maximum atomic E-state index is 12.7. The largest absolute Gasteiger partial charge is 0.462 e. The lowest BCUT2D eigenvalue weighted by atomic mass is 10.0. The fraction of sp³-hybridized carbons (Fsp3) is 0.776. The number of hydrogen-bond acceptors (Lipinski definition) is 6. The molecule has 64 heavy (non-hydrogen) atoms. The number of carbonyl (C=O) groups is 3. The first-order chi connectivity index (χ1) is 31.5. The average Bonchev–Trinajstić information content (AvgIpc) is 3.29. The Labute approximate surface area is 396 Å². The molecule has 0 spiro atoms. The van der Waals surface area contributed by atoms with Crippen LogP contribution in [0.15, 0.2) is 60.8 Å². The summed E-state index contributed by atoms with van der Waals surface area (Å²) in [6, 6.07) is 0. The second-order valence-corrected chi connectivity index (χ2v) is 18.1. The molecule has 0 amide bonds. The molecule has 370 valence electrons. The number of unbranched alkanes of at least 4 members (excludes halogenated alkanes) is 28. The van der Waals surface area contributed by atoms with Gasteiger partial charge in [-0.2, -0.15) is 0 Å². The summed E-state index contributed by atoms with van der Waals surface area (Å²) in [7, 11) is 0. The van der Waals surface area contributed by atoms with E-state index in [1.165, 1.54) is 135 Å². The summed E-state index contributed by atoms with van der Waals surface area (Å²) in [5, 5.41) is 0. The van der Waals surface area contributed by atoms with Crippen molar-refractivity contribution in [2.24, 2.45) is 0 Å². The van der Waals surface area contributed by atoms with Crippen LogP contribution in [-0.2, 0) is 28.6 Å². The molecule has 0 N–H and O–H groups in total. The normalized spacial score (nSPS) is 12.5. The number of hydrogen-bond donors (Lipinski definition) is 0. The minimum Gasteiger partial charge on any atom is -0.462 e. The first-order valence-corrected chi connectivity index (χ1v) is 27.3. The topological polar surface area (TPSA) is 78.9 Å². The van der Waals surface area contributed by atoms with Gasteiger partial charge in [-0.3, -0.25) is 14.4 Å². The van der Waals surface area contributed by atoms with Gasteiger partial charge in [0, 0.05) is 19.3 Å². The molecule has 0 aromatic heterocycles. The quantitative estimate of drug-likeness (QED) is 0.0262. The number of esters is 3. The van der Waals surface area contributed by atoms with Gasteiger partial charge >= 0.3 is 17.9 Å². The van der Waals surface area contributed by atoms with Crippen molar-refractivity contribution < 1.29 is 28.6 Å². The summed E-state index contributed by atoms with van der Waals surface area (Å²) in [6.45, 7) is 6.43. The summed E-state index contributed by atoms with van der Waals surface area (Å²) in [4.78, 5) is 37.7. The zero-order valence-corrected chi connectivity index (χ0v) is 42.3. The Balaban J connectivity index is 3.98. The van der Waals surface area contributed by atoms with Crippen molar-refractivity contribution in [1.29, 1.82) is 0 Å². The predicted octanol–water partition coefficient (Wildman–Crippen LogP) is 18.0. The molecule has 0 aromatic rings. The van der Waals surface area contributed by atoms with E-state index < -0.39 is 6.10 Å². The molecule has 0 aliphatic carbocycles. The summed E-state index contributed by atoms with van der Waals surface area (Å²) in [6.07, 6.45) is 65.4. The Kier molecular flexibility index (Phi) is 50.4. The van der Waals surface area contributed by atoms with Crippen LogP contribution in [0.5, 0.6) is 0 Å². The van der Waals surface area contributed by atoms with E-state index in [-0.39, 0.29) is 31.1 Å². The van der Waals surface area contributed by atoms with Gasteiger partial charge in [0.2, 0.25) is 0 Å². The number of carbonyl (C=O) groups excluding carboxylic acids is 3. The average molecular weight is 895 g/mol. The highest BCUT2D eigenvalue weighted by Gasteiger charge is 2.19. The maximum Gasteiger partial charge on any atom is 0.306 e. The Morgan fingerprint density at radius 3 is 1.02 bits per heavy atom. The minimum absolute atomic E-state index is 0.0750. The van der Waals surface area contributed by atoms with Gasteiger partial charge in [0.15, 0.2) is 6.10 Å². The third-order valence-corrected chi connectivity index (χ3v) is 11.8. The van der Waals surface area contributed by atoms with E-state index >= 15 is 0 Å². The van der Waals surface area contributed by atoms with E-state index in [0.29, 0.717) is 19.3 Å². The lowest BCUT2D eigenvalue weighted by Crippen LogP contribution is -2.30. The van der Waals surface area contributed by atoms with Crippen LogP contribution in [0.2, 0.25) is 0 Å². The number of ether oxygens (including phenoxy) is 3. The molecular weight excluding hydrogens is 793 g/mol. The van der Waals surface area contributed by atoms with Crippen LogP contribution < -0.4 is 0 Å². The Hall–Kier alpha value is -2.89. The molecule has 0 heterocycles. The predicted molar refractivity (Wildman–Crippen MR) is 275 cm³/mol. The van der Waals surface area contributed by atoms with Gasteiger partial charge in [0.05, 0.1) is 0 Å². The van der Waals surface area contributed by atoms with Crippen LogP contribution in [0.25, 0.3) is 0 Å². The van der Waals surface area contributed by atoms with Gasteiger partial charge in [-0.1, -0.05) is 236 Å². The van der Waals surface area contributed by atoms with Crippen LogP contribution in [-0.4, -0.2) is 37.2 Å².